The fourth-order valence-electron chi connectivity index (χ4n) is 12.1. The van der Waals surface area contributed by atoms with Gasteiger partial charge in [-0.25, -0.2) is 0 Å². The van der Waals surface area contributed by atoms with Gasteiger partial charge in [-0.1, -0.05) is 88.8 Å². The van der Waals surface area contributed by atoms with Gasteiger partial charge in [-0.15, -0.1) is 0 Å². The number of hydrogen-bond acceptors (Lipinski definition) is 20. The summed E-state index contributed by atoms with van der Waals surface area (Å²) < 4.78 is 63.1. The number of carboxylic acids is 5. The summed E-state index contributed by atoms with van der Waals surface area (Å²) >= 11 is -2.41. The van der Waals surface area contributed by atoms with Crippen LogP contribution in [0.25, 0.3) is 0 Å². The minimum atomic E-state index is -4.60. The number of rotatable bonds is 47. The molecule has 2 aliphatic rings. The lowest BCUT2D eigenvalue weighted by molar-refractivity contribution is -0.141. The maximum atomic E-state index is 14.3. The minimum absolute atomic E-state index is 0.00460. The number of hydrogen-bond donors (Lipinski definition) is 12. The number of carbonyl (C=O) groups is 13. The molecule has 0 bridgehead atoms. The molecule has 0 aromatic heterocycles. The van der Waals surface area contributed by atoms with Crippen molar-refractivity contribution in [3.05, 3.63) is 131 Å². The highest BCUT2D eigenvalue weighted by Gasteiger charge is 2.41. The number of fused-ring (bicyclic) bond motifs is 2. The molecule has 3 aromatic rings. The first kappa shape index (κ1) is 88.2. The fraction of sp³-hybridized carbons (Fsp3) is 0.459. The third kappa shape index (κ3) is 27.4. The number of anilines is 1. The molecular formula is C74H93N8O24S2-. The molecule has 0 fully saturated rings. The first-order chi connectivity index (χ1) is 50.8. The van der Waals surface area contributed by atoms with Gasteiger partial charge in [0, 0.05) is 110 Å². The molecule has 0 aliphatic carbocycles. The molecule has 3 aromatic carbocycles. The Bertz CT molecular complexity index is 4150. The van der Waals surface area contributed by atoms with Crippen LogP contribution in [0.3, 0.4) is 0 Å². The number of aliphatic imine (C=N–C) groups is 1. The number of aliphatic carboxylic acids is 5. The van der Waals surface area contributed by atoms with E-state index in [-0.39, 0.29) is 48.0 Å². The number of amides is 6. The molecule has 0 spiro atoms. The Hall–Kier alpha value is -10.4. The van der Waals surface area contributed by atoms with Gasteiger partial charge >= 0.3 is 29.8 Å². The quantitative estimate of drug-likeness (QED) is 0.0111. The van der Waals surface area contributed by atoms with E-state index in [1.807, 2.05) is 44.7 Å². The molecule has 0 radical (unpaired) electrons. The number of allylic oxidation sites excluding steroid dienone is 8. The molecule has 586 valence electrons. The van der Waals surface area contributed by atoms with E-state index in [2.05, 4.69) is 36.9 Å². The van der Waals surface area contributed by atoms with Crippen molar-refractivity contribution in [3.63, 3.8) is 0 Å². The first-order valence-corrected chi connectivity index (χ1v) is 37.4. The summed E-state index contributed by atoms with van der Waals surface area (Å²) in [4.78, 5) is 176. The average Bonchev–Trinajstić information content (AvgIpc) is 1.59. The predicted octanol–water partition coefficient (Wildman–Crippen LogP) is 5.37. The zero-order valence-electron chi connectivity index (χ0n) is 60.7. The van der Waals surface area contributed by atoms with E-state index < -0.39 is 210 Å². The van der Waals surface area contributed by atoms with Gasteiger partial charge in [-0.3, -0.25) is 76.1 Å². The number of Topliss-reactive ketones (excluding diaryl/α,β-unsaturated/α-hetero) is 2. The second-order valence-corrected chi connectivity index (χ2v) is 29.2. The predicted molar refractivity (Wildman–Crippen MR) is 391 cm³/mol. The highest BCUT2D eigenvalue weighted by molar-refractivity contribution is 7.85. The Balaban J connectivity index is 1.29. The Morgan fingerprint density at radius 3 is 1.68 bits per heavy atom. The van der Waals surface area contributed by atoms with Gasteiger partial charge in [0.1, 0.15) is 24.2 Å². The highest BCUT2D eigenvalue weighted by atomic mass is 32.2. The summed E-state index contributed by atoms with van der Waals surface area (Å²) in [6, 6.07) is 6.50. The summed E-state index contributed by atoms with van der Waals surface area (Å²) in [5.41, 5.74) is 3.57. The fourth-order valence-corrected chi connectivity index (χ4v) is 13.0. The number of unbranched alkanes of at least 4 members (excludes halogenated alkanes) is 2. The van der Waals surface area contributed by atoms with E-state index in [9.17, 15) is 110 Å². The number of nitrogens with zero attached hydrogens (tertiary/aromatic N) is 2. The van der Waals surface area contributed by atoms with E-state index in [0.29, 0.717) is 54.1 Å². The number of nitrogens with one attached hydrogen (secondary N) is 6. The molecule has 1 unspecified atom stereocenters. The van der Waals surface area contributed by atoms with Crippen molar-refractivity contribution >= 4 is 115 Å². The Kier molecular flexibility index (Phi) is 34.0. The van der Waals surface area contributed by atoms with Gasteiger partial charge in [0.15, 0.2) is 11.6 Å². The van der Waals surface area contributed by atoms with Gasteiger partial charge in [0.2, 0.25) is 35.4 Å². The van der Waals surface area contributed by atoms with Crippen molar-refractivity contribution in [3.8, 4) is 0 Å². The zero-order chi connectivity index (χ0) is 80.2. The summed E-state index contributed by atoms with van der Waals surface area (Å²) in [5, 5.41) is 62.9. The summed E-state index contributed by atoms with van der Waals surface area (Å²) in [6.45, 7) is 11.4. The van der Waals surface area contributed by atoms with Gasteiger partial charge in [-0.05, 0) is 135 Å². The van der Waals surface area contributed by atoms with Crippen LogP contribution >= 0.6 is 0 Å². The summed E-state index contributed by atoms with van der Waals surface area (Å²) in [5.74, 6) is -16.5. The molecule has 12 N–H and O–H groups in total. The van der Waals surface area contributed by atoms with Crippen LogP contribution in [0.5, 0.6) is 0 Å². The lowest BCUT2D eigenvalue weighted by atomic mass is 9.81. The second kappa shape index (κ2) is 41.6. The number of benzene rings is 3. The molecule has 5 rings (SSSR count). The van der Waals surface area contributed by atoms with E-state index in [1.165, 1.54) is 49.4 Å². The zero-order valence-corrected chi connectivity index (χ0v) is 62.3. The molecule has 108 heavy (non-hydrogen) atoms. The number of ether oxygens (including phenoxy) is 1. The number of carbonyl (C=O) groups excluding carboxylic acids is 8. The van der Waals surface area contributed by atoms with Crippen LogP contribution < -0.4 is 36.8 Å². The number of carboxylic acid groups (broad SMARTS) is 5. The van der Waals surface area contributed by atoms with E-state index in [0.717, 1.165) is 17.0 Å². The van der Waals surface area contributed by atoms with Crippen LogP contribution in [0.15, 0.2) is 124 Å². The van der Waals surface area contributed by atoms with Crippen molar-refractivity contribution in [2.24, 2.45) is 10.9 Å². The van der Waals surface area contributed by atoms with Gasteiger partial charge in [0.25, 0.3) is 10.1 Å². The van der Waals surface area contributed by atoms with Crippen LogP contribution in [0.4, 0.5) is 11.4 Å². The van der Waals surface area contributed by atoms with Crippen molar-refractivity contribution in [1.29, 1.82) is 0 Å². The maximum Gasteiger partial charge on any atom is 0.303 e. The van der Waals surface area contributed by atoms with Crippen molar-refractivity contribution in [2.75, 3.05) is 31.2 Å². The van der Waals surface area contributed by atoms with Gasteiger partial charge in [-0.2, -0.15) is 8.42 Å². The second-order valence-electron chi connectivity index (χ2n) is 26.8. The third-order valence-electron chi connectivity index (χ3n) is 18.0. The van der Waals surface area contributed by atoms with Crippen LogP contribution in [0.1, 0.15) is 165 Å². The van der Waals surface area contributed by atoms with Crippen LogP contribution in [-0.4, -0.2) is 186 Å². The first-order valence-electron chi connectivity index (χ1n) is 34.9. The topological polar surface area (TPSA) is 515 Å². The smallest absolute Gasteiger partial charge is 0.303 e. The molecule has 34 heteroatoms. The number of ketones is 2. The Morgan fingerprint density at radius 1 is 0.593 bits per heavy atom. The normalized spacial score (nSPS) is 15.9. The summed E-state index contributed by atoms with van der Waals surface area (Å²) in [7, 11) is -4.60. The van der Waals surface area contributed by atoms with Gasteiger partial charge in [0.05, 0.1) is 28.9 Å². The summed E-state index contributed by atoms with van der Waals surface area (Å²) in [6.07, 6.45) is 5.16. The molecule has 2 heterocycles. The van der Waals surface area contributed by atoms with Crippen molar-refractivity contribution < 1.29 is 114 Å². The maximum absolute atomic E-state index is 14.3. The van der Waals surface area contributed by atoms with Gasteiger partial charge < -0.3 is 71.6 Å². The average molecular weight is 1540 g/mol. The molecule has 2 aliphatic heterocycles. The molecule has 32 nitrogen and oxygen atoms in total. The monoisotopic (exact) mass is 1540 g/mol. The minimum Gasteiger partial charge on any atom is -0.768 e. The van der Waals surface area contributed by atoms with Crippen LogP contribution in [0.2, 0.25) is 0 Å². The molecule has 0 saturated carbocycles. The van der Waals surface area contributed by atoms with Crippen molar-refractivity contribution in [2.45, 2.75) is 195 Å². The molecule has 7 atom stereocenters. The molecule has 0 saturated heterocycles. The standard InChI is InChI=1S/C74H94N8O24S2/c1-7-106-39-37-75-69(97)57(40-45-19-21-46(22-20-45)44(2)83)81-72(100)56(30-36-67(94)95)80-71(99)55(29-35-66(92)93)79-68(96)47(23-32-63(86)87)41-59(84)53(27-33-64(88)89)78-70(98)54(28-34-65(90)91)77-62(85)18-14-11-15-38-82-58-31-25-49(108(103,104)105)43-51(58)74(5,6)61(82)17-13-10-8-9-12-16-60-73(3,4)50-42-48(107(101)102)24-26-52(50)76-60/h8-10,12-13,16-17,19-22,24-26,31,42-43,47,53-57H,7,11,14-15,18,23,27-30,32-41H2,1-6H3,(H,75,97)(H,77,85)(H,78,98)(H,79,96)(H,80,99)(H,81,100)(H,86,87)(H,88,89)(H,90,91)(H,92,93)(H,94,95)(H,101,102)(H,103,104,105)/p-1/b9-8+,13-10+,16-12+,61-17+/t47-,53+,54+,55+,56+,57-/m0/s1. The third-order valence-corrected chi connectivity index (χ3v) is 19.5. The lowest BCUT2D eigenvalue weighted by Crippen LogP contribution is -2.57. The Morgan fingerprint density at radius 2 is 1.12 bits per heavy atom. The van der Waals surface area contributed by atoms with E-state index >= 15 is 0 Å². The molecule has 6 amide bonds. The SMILES string of the molecule is CCOCCNC(=O)[C@H](Cc1ccc(C(C)=O)cc1)NC(=O)[C@@H](CCC(=O)O)NC(=O)[C@@H](CCC(=O)O)NC(=O)[C@@H](CCC(=O)O)CC(=O)[C@@H](CCC(=O)O)NC(=O)[C@@H](CCC(=O)O)NC(=O)CCCCCN1/C(=C/C=C/C=C/C=C/C2=Nc3ccc(S(=O)[O-])cc3C2(C)C)C(C)(C)c2cc(S(=O)(=O)O)ccc21. The highest BCUT2D eigenvalue weighted by Crippen LogP contribution is 2.49. The van der Waals surface area contributed by atoms with E-state index in [4.69, 9.17) is 4.74 Å². The van der Waals surface area contributed by atoms with Crippen molar-refractivity contribution in [1.82, 2.24) is 31.9 Å². The van der Waals surface area contributed by atoms with E-state index in [1.54, 1.807) is 55.5 Å². The van der Waals surface area contributed by atoms with Crippen LogP contribution in [0, 0.1) is 5.92 Å². The lowest BCUT2D eigenvalue weighted by Gasteiger charge is -2.27. The largest absolute Gasteiger partial charge is 0.768 e. The molecular weight excluding hydrogens is 1450 g/mol. The Labute approximate surface area is 626 Å². The van der Waals surface area contributed by atoms with Crippen LogP contribution in [-0.2, 0) is 101 Å².